The first-order valence-corrected chi connectivity index (χ1v) is 4.76. The summed E-state index contributed by atoms with van der Waals surface area (Å²) in [7, 11) is 0. The van der Waals surface area contributed by atoms with Crippen LogP contribution in [-0.2, 0) is 4.79 Å². The number of carboxylic acids is 1. The molecular formula is C10H19NO2. The lowest BCUT2D eigenvalue weighted by atomic mass is 10.2. The van der Waals surface area contributed by atoms with E-state index in [0.29, 0.717) is 6.54 Å². The lowest BCUT2D eigenvalue weighted by Crippen LogP contribution is -2.49. The summed E-state index contributed by atoms with van der Waals surface area (Å²) in [6, 6.07) is 0. The van der Waals surface area contributed by atoms with Gasteiger partial charge in [-0.3, -0.25) is 0 Å². The van der Waals surface area contributed by atoms with Crippen LogP contribution in [0.5, 0.6) is 0 Å². The van der Waals surface area contributed by atoms with Crippen molar-refractivity contribution in [2.75, 3.05) is 26.2 Å². The minimum atomic E-state index is -0.964. The van der Waals surface area contributed by atoms with Crippen LogP contribution in [0.25, 0.3) is 0 Å². The highest BCUT2D eigenvalue weighted by Crippen LogP contribution is 2.07. The van der Waals surface area contributed by atoms with E-state index in [0.717, 1.165) is 24.1 Å². The van der Waals surface area contributed by atoms with Gasteiger partial charge < -0.3 is 14.4 Å². The molecule has 0 spiro atoms. The highest BCUT2D eigenvalue weighted by molar-refractivity contribution is 5.64. The van der Waals surface area contributed by atoms with Crippen molar-refractivity contribution in [2.45, 2.75) is 20.3 Å². The molecule has 0 aliphatic carbocycles. The van der Waals surface area contributed by atoms with Crippen molar-refractivity contribution in [3.63, 3.8) is 0 Å². The van der Waals surface area contributed by atoms with Gasteiger partial charge in [-0.15, -0.1) is 0 Å². The molecule has 3 heteroatoms. The summed E-state index contributed by atoms with van der Waals surface area (Å²) in [5, 5.41) is 10.3. The Morgan fingerprint density at radius 1 is 1.46 bits per heavy atom. The van der Waals surface area contributed by atoms with E-state index in [-0.39, 0.29) is 6.42 Å². The monoisotopic (exact) mass is 185 g/mol. The zero-order valence-electron chi connectivity index (χ0n) is 8.58. The minimum Gasteiger partial charge on any atom is -0.550 e. The summed E-state index contributed by atoms with van der Waals surface area (Å²) in [4.78, 5) is 10.3. The summed E-state index contributed by atoms with van der Waals surface area (Å²) in [5.74, 6) is -0.964. The van der Waals surface area contributed by atoms with Gasteiger partial charge in [0.05, 0.1) is 26.2 Å². The van der Waals surface area contributed by atoms with Gasteiger partial charge in [-0.05, 0) is 19.9 Å². The Morgan fingerprint density at radius 2 is 2.00 bits per heavy atom. The first-order chi connectivity index (χ1) is 6.10. The topological polar surface area (TPSA) is 40.1 Å². The van der Waals surface area contributed by atoms with Crippen molar-refractivity contribution in [1.29, 1.82) is 0 Å². The van der Waals surface area contributed by atoms with E-state index in [1.54, 1.807) is 0 Å². The lowest BCUT2D eigenvalue weighted by molar-refractivity contribution is -0.919. The highest BCUT2D eigenvalue weighted by Gasteiger charge is 2.20. The van der Waals surface area contributed by atoms with Gasteiger partial charge in [0.2, 0.25) is 0 Å². The number of likely N-dealkylation sites (N-methyl/N-ethyl adjacent to an activating group) is 1. The average molecular weight is 185 g/mol. The maximum absolute atomic E-state index is 10.3. The standard InChI is InChI=1S/C10H19NO2/c1-4-8-11(5-2,6-3)9-7-10(12)13/h4H,1,5-9H2,2-3H3. The van der Waals surface area contributed by atoms with Crippen molar-refractivity contribution in [2.24, 2.45) is 0 Å². The molecule has 0 atom stereocenters. The van der Waals surface area contributed by atoms with Gasteiger partial charge in [0.25, 0.3) is 0 Å². The molecule has 0 saturated carbocycles. The van der Waals surface area contributed by atoms with Crippen molar-refractivity contribution < 1.29 is 14.4 Å². The molecule has 0 heterocycles. The molecule has 0 N–H and O–H groups in total. The number of carboxylic acid groups (broad SMARTS) is 1. The molecule has 0 aromatic heterocycles. The van der Waals surface area contributed by atoms with Crippen LogP contribution in [0.4, 0.5) is 0 Å². The number of aliphatic carboxylic acids is 1. The Hall–Kier alpha value is -0.830. The van der Waals surface area contributed by atoms with Gasteiger partial charge >= 0.3 is 0 Å². The summed E-state index contributed by atoms with van der Waals surface area (Å²) in [6.45, 7) is 11.2. The normalized spacial score (nSPS) is 11.2. The van der Waals surface area contributed by atoms with E-state index < -0.39 is 5.97 Å². The molecule has 0 unspecified atom stereocenters. The fourth-order valence-electron chi connectivity index (χ4n) is 1.49. The van der Waals surface area contributed by atoms with Gasteiger partial charge in [0, 0.05) is 12.4 Å². The molecule has 0 aromatic rings. The van der Waals surface area contributed by atoms with Crippen LogP contribution >= 0.6 is 0 Å². The second kappa shape index (κ2) is 5.75. The number of hydrogen-bond acceptors (Lipinski definition) is 2. The lowest BCUT2D eigenvalue weighted by Gasteiger charge is -2.36. The third-order valence-electron chi connectivity index (χ3n) is 2.65. The van der Waals surface area contributed by atoms with Crippen molar-refractivity contribution in [1.82, 2.24) is 0 Å². The Kier molecular flexibility index (Phi) is 5.39. The van der Waals surface area contributed by atoms with Crippen molar-refractivity contribution >= 4 is 5.97 Å². The molecule has 0 rings (SSSR count). The molecule has 0 saturated heterocycles. The second-order valence-electron chi connectivity index (χ2n) is 3.29. The fraction of sp³-hybridized carbons (Fsp3) is 0.700. The van der Waals surface area contributed by atoms with Gasteiger partial charge in [-0.25, -0.2) is 0 Å². The molecule has 0 fully saturated rings. The van der Waals surface area contributed by atoms with E-state index in [1.165, 1.54) is 0 Å². The third kappa shape index (κ3) is 4.08. The predicted molar refractivity (Wildman–Crippen MR) is 50.9 cm³/mol. The Morgan fingerprint density at radius 3 is 2.31 bits per heavy atom. The summed E-state index contributed by atoms with van der Waals surface area (Å²) in [6.07, 6.45) is 1.98. The molecule has 3 nitrogen and oxygen atoms in total. The largest absolute Gasteiger partial charge is 0.550 e. The summed E-state index contributed by atoms with van der Waals surface area (Å²) >= 11 is 0. The van der Waals surface area contributed by atoms with E-state index in [4.69, 9.17) is 0 Å². The summed E-state index contributed by atoms with van der Waals surface area (Å²) in [5.41, 5.74) is 0. The van der Waals surface area contributed by atoms with Crippen LogP contribution in [0.1, 0.15) is 20.3 Å². The zero-order chi connectivity index (χ0) is 10.3. The first-order valence-electron chi connectivity index (χ1n) is 4.76. The maximum atomic E-state index is 10.3. The van der Waals surface area contributed by atoms with Gasteiger partial charge in [-0.1, -0.05) is 6.58 Å². The summed E-state index contributed by atoms with van der Waals surface area (Å²) < 4.78 is 0.789. The van der Waals surface area contributed by atoms with Gasteiger partial charge in [0.1, 0.15) is 0 Å². The Labute approximate surface area is 80.3 Å². The van der Waals surface area contributed by atoms with Crippen LogP contribution < -0.4 is 5.11 Å². The number of rotatable bonds is 7. The molecule has 0 aromatic carbocycles. The molecule has 0 radical (unpaired) electrons. The van der Waals surface area contributed by atoms with E-state index >= 15 is 0 Å². The predicted octanol–water partition coefficient (Wildman–Crippen LogP) is 0.169. The second-order valence-corrected chi connectivity index (χ2v) is 3.29. The average Bonchev–Trinajstić information content (AvgIpc) is 2.12. The SMILES string of the molecule is C=CC[N+](CC)(CC)CCC(=O)[O-]. The van der Waals surface area contributed by atoms with Crippen LogP contribution in [0.2, 0.25) is 0 Å². The number of quaternary nitrogens is 1. The molecule has 0 aliphatic rings. The molecule has 0 amide bonds. The number of hydrogen-bond donors (Lipinski definition) is 0. The molecule has 0 bridgehead atoms. The number of nitrogens with zero attached hydrogens (tertiary/aromatic N) is 1. The van der Waals surface area contributed by atoms with Crippen LogP contribution in [0.3, 0.4) is 0 Å². The van der Waals surface area contributed by atoms with Crippen molar-refractivity contribution in [3.05, 3.63) is 12.7 Å². The van der Waals surface area contributed by atoms with Crippen LogP contribution in [0, 0.1) is 0 Å². The fourth-order valence-corrected chi connectivity index (χ4v) is 1.49. The number of carbonyl (C=O) groups excluding carboxylic acids is 1. The molecule has 76 valence electrons. The first kappa shape index (κ1) is 12.2. The van der Waals surface area contributed by atoms with Crippen molar-refractivity contribution in [3.8, 4) is 0 Å². The van der Waals surface area contributed by atoms with Gasteiger partial charge in [0.15, 0.2) is 0 Å². The Bertz CT molecular complexity index is 174. The van der Waals surface area contributed by atoms with E-state index in [2.05, 4.69) is 20.4 Å². The zero-order valence-corrected chi connectivity index (χ0v) is 8.58. The molecular weight excluding hydrogens is 166 g/mol. The Balaban J connectivity index is 4.19. The van der Waals surface area contributed by atoms with Crippen LogP contribution in [-0.4, -0.2) is 36.6 Å². The van der Waals surface area contributed by atoms with Gasteiger partial charge in [-0.2, -0.15) is 0 Å². The maximum Gasteiger partial charge on any atom is 0.0971 e. The molecule has 0 aliphatic heterocycles. The van der Waals surface area contributed by atoms with Crippen LogP contribution in [0.15, 0.2) is 12.7 Å². The van der Waals surface area contributed by atoms with E-state index in [9.17, 15) is 9.90 Å². The minimum absolute atomic E-state index is 0.134. The van der Waals surface area contributed by atoms with E-state index in [1.807, 2.05) is 6.08 Å². The molecule has 13 heavy (non-hydrogen) atoms. The number of carbonyl (C=O) groups is 1. The third-order valence-corrected chi connectivity index (χ3v) is 2.65. The smallest absolute Gasteiger partial charge is 0.0971 e. The highest BCUT2D eigenvalue weighted by atomic mass is 16.4. The quantitative estimate of drug-likeness (QED) is 0.419.